The Kier molecular flexibility index (Phi) is 7.29. The van der Waals surface area contributed by atoms with E-state index in [0.29, 0.717) is 34.8 Å². The molecule has 0 saturated carbocycles. The summed E-state index contributed by atoms with van der Waals surface area (Å²) in [5, 5.41) is 10.8. The van der Waals surface area contributed by atoms with Crippen molar-refractivity contribution in [3.8, 4) is 23.3 Å². The Morgan fingerprint density at radius 3 is 2.67 bits per heavy atom. The molecule has 1 aliphatic rings. The topological polar surface area (TPSA) is 108 Å². The molecule has 7 heteroatoms. The molecule has 5 rings (SSSR count). The molecular weight excluding hydrogens is 492 g/mol. The molecule has 1 atom stereocenters. The van der Waals surface area contributed by atoms with Crippen molar-refractivity contribution < 1.29 is 23.4 Å². The van der Waals surface area contributed by atoms with Gasteiger partial charge < -0.3 is 24.4 Å². The van der Waals surface area contributed by atoms with Crippen LogP contribution < -0.4 is 19.9 Å². The van der Waals surface area contributed by atoms with Crippen molar-refractivity contribution in [1.29, 1.82) is 5.26 Å². The highest BCUT2D eigenvalue weighted by Gasteiger charge is 2.33. The van der Waals surface area contributed by atoms with Crippen LogP contribution in [0.15, 0.2) is 76.5 Å². The summed E-state index contributed by atoms with van der Waals surface area (Å²) in [6.45, 7) is 6.52. The number of hydrogen-bond donors (Lipinski definition) is 1. The van der Waals surface area contributed by atoms with Gasteiger partial charge in [-0.2, -0.15) is 5.26 Å². The van der Waals surface area contributed by atoms with Crippen molar-refractivity contribution in [1.82, 2.24) is 0 Å². The Labute approximate surface area is 227 Å². The lowest BCUT2D eigenvalue weighted by Crippen LogP contribution is -2.21. The maximum atomic E-state index is 13.0. The molecule has 1 aliphatic heterocycles. The lowest BCUT2D eigenvalue weighted by Gasteiger charge is -2.28. The molecule has 2 N–H and O–H groups in total. The van der Waals surface area contributed by atoms with Gasteiger partial charge >= 0.3 is 5.97 Å². The lowest BCUT2D eigenvalue weighted by atomic mass is 9.83. The molecule has 0 amide bonds. The van der Waals surface area contributed by atoms with Crippen molar-refractivity contribution in [2.24, 2.45) is 5.73 Å². The van der Waals surface area contributed by atoms with E-state index in [1.165, 1.54) is 0 Å². The van der Waals surface area contributed by atoms with Gasteiger partial charge in [0.25, 0.3) is 0 Å². The van der Waals surface area contributed by atoms with Crippen LogP contribution in [-0.2, 0) is 0 Å². The molecule has 2 heterocycles. The van der Waals surface area contributed by atoms with Crippen molar-refractivity contribution in [2.45, 2.75) is 46.0 Å². The Bertz CT molecular complexity index is 1630. The Balaban J connectivity index is 1.46. The Hall–Kier alpha value is -4.70. The standard InChI is InChI=1S/C32H30N2O5/c1-4-5-8-15-36-26-10-7-6-9-23(26)29-24-14-12-21(17-28(24)39-31(34)25(29)18-33)37-32(35)30-20(3)22-13-11-19(2)16-27(22)38-30/h6-7,9-14,16-17,29H,4-5,8,15,34H2,1-3H3. The van der Waals surface area contributed by atoms with Gasteiger partial charge in [-0.1, -0.05) is 56.2 Å². The van der Waals surface area contributed by atoms with Crippen molar-refractivity contribution in [2.75, 3.05) is 6.61 Å². The zero-order valence-corrected chi connectivity index (χ0v) is 22.2. The van der Waals surface area contributed by atoms with E-state index in [9.17, 15) is 10.1 Å². The molecule has 3 aromatic carbocycles. The summed E-state index contributed by atoms with van der Waals surface area (Å²) in [6, 6.07) is 20.7. The van der Waals surface area contributed by atoms with E-state index in [0.717, 1.165) is 41.3 Å². The summed E-state index contributed by atoms with van der Waals surface area (Å²) in [5.41, 5.74) is 10.4. The molecule has 1 aromatic heterocycles. The van der Waals surface area contributed by atoms with Crippen LogP contribution in [0.4, 0.5) is 0 Å². The minimum atomic E-state index is -0.610. The number of nitrogens with zero attached hydrogens (tertiary/aromatic N) is 1. The number of esters is 1. The lowest BCUT2D eigenvalue weighted by molar-refractivity contribution is 0.0702. The van der Waals surface area contributed by atoms with E-state index in [1.807, 2.05) is 56.3 Å². The summed E-state index contributed by atoms with van der Waals surface area (Å²) in [6.07, 6.45) is 3.11. The van der Waals surface area contributed by atoms with Gasteiger partial charge in [0.2, 0.25) is 11.6 Å². The number of hydrogen-bond acceptors (Lipinski definition) is 7. The molecule has 0 saturated heterocycles. The monoisotopic (exact) mass is 522 g/mol. The van der Waals surface area contributed by atoms with Crippen molar-refractivity contribution >= 4 is 16.9 Å². The number of para-hydroxylation sites is 1. The molecule has 0 radical (unpaired) electrons. The fourth-order valence-corrected chi connectivity index (χ4v) is 4.88. The Morgan fingerprint density at radius 2 is 1.87 bits per heavy atom. The summed E-state index contributed by atoms with van der Waals surface area (Å²) in [4.78, 5) is 13.0. The number of carbonyl (C=O) groups excluding carboxylic acids is 1. The quantitative estimate of drug-likeness (QED) is 0.150. The summed E-state index contributed by atoms with van der Waals surface area (Å²) in [5.74, 6) is 0.408. The molecule has 198 valence electrons. The number of unbranched alkanes of at least 4 members (excludes halogenated alkanes) is 2. The second-order valence-corrected chi connectivity index (χ2v) is 9.66. The highest BCUT2D eigenvalue weighted by molar-refractivity contribution is 5.97. The van der Waals surface area contributed by atoms with Gasteiger partial charge in [0.1, 0.15) is 34.5 Å². The van der Waals surface area contributed by atoms with E-state index in [2.05, 4.69) is 13.0 Å². The van der Waals surface area contributed by atoms with E-state index in [-0.39, 0.29) is 17.4 Å². The molecule has 0 spiro atoms. The number of carbonyl (C=O) groups is 1. The molecule has 39 heavy (non-hydrogen) atoms. The number of rotatable bonds is 8. The second-order valence-electron chi connectivity index (χ2n) is 9.66. The molecule has 4 aromatic rings. The van der Waals surface area contributed by atoms with Gasteiger partial charge in [0.05, 0.1) is 12.5 Å². The molecule has 0 fully saturated rings. The first kappa shape index (κ1) is 25.9. The largest absolute Gasteiger partial charge is 0.493 e. The predicted octanol–water partition coefficient (Wildman–Crippen LogP) is 7.06. The first-order chi connectivity index (χ1) is 18.9. The fourth-order valence-electron chi connectivity index (χ4n) is 4.88. The minimum absolute atomic E-state index is 0.00256. The number of aryl methyl sites for hydroxylation is 2. The number of benzene rings is 3. The van der Waals surface area contributed by atoms with Gasteiger partial charge in [0.15, 0.2) is 0 Å². The highest BCUT2D eigenvalue weighted by atomic mass is 16.5. The molecular formula is C32H30N2O5. The van der Waals surface area contributed by atoms with Crippen LogP contribution in [-0.4, -0.2) is 12.6 Å². The van der Waals surface area contributed by atoms with Crippen LogP contribution in [0.5, 0.6) is 17.2 Å². The van der Waals surface area contributed by atoms with E-state index >= 15 is 0 Å². The highest BCUT2D eigenvalue weighted by Crippen LogP contribution is 2.46. The summed E-state index contributed by atoms with van der Waals surface area (Å²) < 4.78 is 23.4. The number of allylic oxidation sites excluding steroid dienone is 1. The Morgan fingerprint density at radius 1 is 1.05 bits per heavy atom. The van der Waals surface area contributed by atoms with Gasteiger partial charge in [0, 0.05) is 28.1 Å². The van der Waals surface area contributed by atoms with E-state index in [4.69, 9.17) is 24.4 Å². The molecule has 0 aliphatic carbocycles. The zero-order valence-electron chi connectivity index (χ0n) is 22.2. The number of furan rings is 1. The van der Waals surface area contributed by atoms with E-state index < -0.39 is 11.9 Å². The zero-order chi connectivity index (χ0) is 27.5. The summed E-state index contributed by atoms with van der Waals surface area (Å²) >= 11 is 0. The van der Waals surface area contributed by atoms with Gasteiger partial charge in [-0.25, -0.2) is 4.79 Å². The average molecular weight is 523 g/mol. The maximum Gasteiger partial charge on any atom is 0.379 e. The van der Waals surface area contributed by atoms with Gasteiger partial charge in [-0.3, -0.25) is 0 Å². The summed E-state index contributed by atoms with van der Waals surface area (Å²) in [7, 11) is 0. The van der Waals surface area contributed by atoms with Gasteiger partial charge in [-0.05, 0) is 44.0 Å². The third kappa shape index (κ3) is 5.06. The smallest absolute Gasteiger partial charge is 0.379 e. The fraction of sp³-hybridized carbons (Fsp3) is 0.250. The van der Waals surface area contributed by atoms with Crippen LogP contribution in [0.2, 0.25) is 0 Å². The van der Waals surface area contributed by atoms with Crippen LogP contribution in [0, 0.1) is 25.2 Å². The second kappa shape index (κ2) is 11.0. The van der Waals surface area contributed by atoms with Crippen LogP contribution in [0.3, 0.4) is 0 Å². The third-order valence-corrected chi connectivity index (χ3v) is 6.92. The average Bonchev–Trinajstić information content (AvgIpc) is 3.26. The third-order valence-electron chi connectivity index (χ3n) is 6.92. The predicted molar refractivity (Wildman–Crippen MR) is 148 cm³/mol. The normalized spacial score (nSPS) is 14.5. The SMILES string of the molecule is CCCCCOc1ccccc1C1C(C#N)=C(N)Oc2cc(OC(=O)c3oc4cc(C)ccc4c3C)ccc21. The van der Waals surface area contributed by atoms with Gasteiger partial charge in [-0.15, -0.1) is 0 Å². The maximum absolute atomic E-state index is 13.0. The first-order valence-electron chi connectivity index (χ1n) is 13.1. The number of fused-ring (bicyclic) bond motifs is 2. The van der Waals surface area contributed by atoms with E-state index in [1.54, 1.807) is 18.2 Å². The molecule has 0 bridgehead atoms. The molecule has 7 nitrogen and oxygen atoms in total. The van der Waals surface area contributed by atoms with Crippen molar-refractivity contribution in [3.63, 3.8) is 0 Å². The molecule has 1 unspecified atom stereocenters. The first-order valence-corrected chi connectivity index (χ1v) is 13.1. The van der Waals surface area contributed by atoms with Crippen LogP contribution >= 0.6 is 0 Å². The number of ether oxygens (including phenoxy) is 3. The van der Waals surface area contributed by atoms with Crippen LogP contribution in [0.25, 0.3) is 11.0 Å². The minimum Gasteiger partial charge on any atom is -0.493 e. The van der Waals surface area contributed by atoms with Crippen molar-refractivity contribution in [3.05, 3.63) is 100 Å². The number of nitrogens with two attached hydrogens (primary N) is 1. The number of nitriles is 1. The van der Waals surface area contributed by atoms with Crippen LogP contribution in [0.1, 0.15) is 64.9 Å².